The van der Waals surface area contributed by atoms with Gasteiger partial charge in [0.2, 0.25) is 5.95 Å². The summed E-state index contributed by atoms with van der Waals surface area (Å²) in [4.78, 5) is 28.9. The molecule has 27 heavy (non-hydrogen) atoms. The minimum absolute atomic E-state index is 0.0151. The van der Waals surface area contributed by atoms with E-state index in [4.69, 9.17) is 9.72 Å². The smallest absolute Gasteiger partial charge is 0.267 e. The summed E-state index contributed by atoms with van der Waals surface area (Å²) in [6, 6.07) is 2.02. The summed E-state index contributed by atoms with van der Waals surface area (Å²) in [5, 5.41) is 3.94. The molecule has 2 aromatic rings. The van der Waals surface area contributed by atoms with Crippen molar-refractivity contribution in [2.45, 2.75) is 13.8 Å². The fourth-order valence-corrected chi connectivity index (χ4v) is 3.94. The minimum atomic E-state index is 0.0151. The zero-order valence-corrected chi connectivity index (χ0v) is 16.4. The van der Waals surface area contributed by atoms with Crippen LogP contribution in [0.25, 0.3) is 0 Å². The van der Waals surface area contributed by atoms with E-state index in [2.05, 4.69) is 24.4 Å². The molecule has 0 spiro atoms. The predicted molar refractivity (Wildman–Crippen MR) is 103 cm³/mol. The fraction of sp³-hybridized carbons (Fsp3) is 0.588. The summed E-state index contributed by atoms with van der Waals surface area (Å²) in [7, 11) is 0. The minimum Gasteiger partial charge on any atom is -0.378 e. The molecule has 9 nitrogen and oxygen atoms in total. The molecule has 10 heteroatoms. The van der Waals surface area contributed by atoms with Crippen molar-refractivity contribution in [1.82, 2.24) is 24.5 Å². The Hall–Kier alpha value is -2.33. The van der Waals surface area contributed by atoms with Crippen molar-refractivity contribution in [2.75, 3.05) is 62.3 Å². The first-order chi connectivity index (χ1) is 13.1. The highest BCUT2D eigenvalue weighted by atomic mass is 32.1. The highest BCUT2D eigenvalue weighted by Gasteiger charge is 2.26. The molecule has 2 saturated heterocycles. The number of rotatable bonds is 3. The van der Waals surface area contributed by atoms with Crippen molar-refractivity contribution in [1.29, 1.82) is 0 Å². The van der Waals surface area contributed by atoms with Gasteiger partial charge in [0.1, 0.15) is 10.7 Å². The van der Waals surface area contributed by atoms with Gasteiger partial charge in [-0.1, -0.05) is 4.49 Å². The molecule has 4 heterocycles. The SMILES string of the molecule is Cc1cc(N2CCOCC2)nc(N2CCN(C(=O)c3snnc3C)CC2)n1. The zero-order valence-electron chi connectivity index (χ0n) is 15.6. The maximum Gasteiger partial charge on any atom is 0.267 e. The van der Waals surface area contributed by atoms with Gasteiger partial charge >= 0.3 is 0 Å². The van der Waals surface area contributed by atoms with Gasteiger partial charge in [-0.2, -0.15) is 4.98 Å². The summed E-state index contributed by atoms with van der Waals surface area (Å²) in [5.74, 6) is 1.70. The average Bonchev–Trinajstić information content (AvgIpc) is 3.13. The monoisotopic (exact) mass is 389 g/mol. The lowest BCUT2D eigenvalue weighted by molar-refractivity contribution is 0.0750. The van der Waals surface area contributed by atoms with Gasteiger partial charge in [-0.25, -0.2) is 4.98 Å². The van der Waals surface area contributed by atoms with E-state index in [-0.39, 0.29) is 5.91 Å². The van der Waals surface area contributed by atoms with E-state index in [1.54, 1.807) is 0 Å². The number of carbonyl (C=O) groups excluding carboxylic acids is 1. The van der Waals surface area contributed by atoms with Crippen molar-refractivity contribution in [2.24, 2.45) is 0 Å². The van der Waals surface area contributed by atoms with Crippen LogP contribution in [0.4, 0.5) is 11.8 Å². The summed E-state index contributed by atoms with van der Waals surface area (Å²) in [5.41, 5.74) is 1.65. The quantitative estimate of drug-likeness (QED) is 0.760. The van der Waals surface area contributed by atoms with Gasteiger partial charge in [-0.05, 0) is 25.4 Å². The normalized spacial score (nSPS) is 18.1. The number of nitrogens with zero attached hydrogens (tertiary/aromatic N) is 7. The predicted octanol–water partition coefficient (Wildman–Crippen LogP) is 0.744. The topological polar surface area (TPSA) is 87.6 Å². The van der Waals surface area contributed by atoms with Crippen molar-refractivity contribution in [3.05, 3.63) is 22.3 Å². The first kappa shape index (κ1) is 18.1. The Kier molecular flexibility index (Phi) is 5.17. The van der Waals surface area contributed by atoms with Crippen LogP contribution in [0, 0.1) is 13.8 Å². The van der Waals surface area contributed by atoms with Crippen LogP contribution in [0.2, 0.25) is 0 Å². The molecule has 2 aliphatic heterocycles. The number of morpholine rings is 1. The van der Waals surface area contributed by atoms with Gasteiger partial charge < -0.3 is 19.4 Å². The first-order valence-electron chi connectivity index (χ1n) is 9.13. The van der Waals surface area contributed by atoms with Gasteiger partial charge in [0.25, 0.3) is 5.91 Å². The number of aryl methyl sites for hydroxylation is 2. The molecular formula is C17H23N7O2S. The van der Waals surface area contributed by atoms with Crippen LogP contribution in [0.15, 0.2) is 6.07 Å². The van der Waals surface area contributed by atoms with E-state index in [0.717, 1.165) is 55.3 Å². The van der Waals surface area contributed by atoms with Crippen LogP contribution in [0.3, 0.4) is 0 Å². The Labute approximate surface area is 162 Å². The third-order valence-electron chi connectivity index (χ3n) is 4.86. The van der Waals surface area contributed by atoms with Gasteiger partial charge in [0.05, 0.1) is 18.9 Å². The fourth-order valence-electron chi connectivity index (χ4n) is 3.31. The van der Waals surface area contributed by atoms with E-state index >= 15 is 0 Å². The van der Waals surface area contributed by atoms with Crippen LogP contribution in [-0.2, 0) is 4.74 Å². The van der Waals surface area contributed by atoms with E-state index in [0.29, 0.717) is 36.8 Å². The van der Waals surface area contributed by atoms with Crippen molar-refractivity contribution >= 4 is 29.2 Å². The molecule has 0 bridgehead atoms. The summed E-state index contributed by atoms with van der Waals surface area (Å²) < 4.78 is 9.29. The maximum absolute atomic E-state index is 12.6. The van der Waals surface area contributed by atoms with E-state index < -0.39 is 0 Å². The molecular weight excluding hydrogens is 366 g/mol. The van der Waals surface area contributed by atoms with Crippen molar-refractivity contribution < 1.29 is 9.53 Å². The number of hydrogen-bond acceptors (Lipinski definition) is 9. The maximum atomic E-state index is 12.6. The average molecular weight is 389 g/mol. The summed E-state index contributed by atoms with van der Waals surface area (Å²) >= 11 is 1.16. The number of carbonyl (C=O) groups is 1. The molecule has 2 fully saturated rings. The van der Waals surface area contributed by atoms with Crippen LogP contribution < -0.4 is 9.80 Å². The third-order valence-corrected chi connectivity index (χ3v) is 5.68. The standard InChI is InChI=1S/C17H23N7O2S/c1-12-11-14(22-7-9-26-10-8-22)19-17(18-12)24-5-3-23(4-6-24)16(25)15-13(2)20-21-27-15/h11H,3-10H2,1-2H3. The Balaban J connectivity index is 1.44. The molecule has 0 saturated carbocycles. The van der Waals surface area contributed by atoms with E-state index in [9.17, 15) is 4.79 Å². The second-order valence-corrected chi connectivity index (χ2v) is 7.49. The number of ether oxygens (including phenoxy) is 1. The first-order valence-corrected chi connectivity index (χ1v) is 9.91. The Morgan fingerprint density at radius 1 is 1.04 bits per heavy atom. The third kappa shape index (κ3) is 3.86. The molecule has 1 amide bonds. The lowest BCUT2D eigenvalue weighted by Crippen LogP contribution is -2.49. The Morgan fingerprint density at radius 2 is 1.78 bits per heavy atom. The molecule has 0 aromatic carbocycles. The number of anilines is 2. The highest BCUT2D eigenvalue weighted by molar-refractivity contribution is 7.07. The number of amides is 1. The van der Waals surface area contributed by atoms with Crippen molar-refractivity contribution in [3.63, 3.8) is 0 Å². The van der Waals surface area contributed by atoms with Crippen LogP contribution in [0.1, 0.15) is 21.1 Å². The van der Waals surface area contributed by atoms with E-state index in [1.165, 1.54) is 0 Å². The zero-order chi connectivity index (χ0) is 18.8. The highest BCUT2D eigenvalue weighted by Crippen LogP contribution is 2.21. The Bertz CT molecular complexity index is 813. The molecule has 4 rings (SSSR count). The van der Waals surface area contributed by atoms with Crippen LogP contribution in [0.5, 0.6) is 0 Å². The van der Waals surface area contributed by atoms with Gasteiger partial charge in [0, 0.05) is 51.0 Å². The number of piperazine rings is 1. The lowest BCUT2D eigenvalue weighted by atomic mass is 10.3. The second kappa shape index (κ2) is 7.73. The van der Waals surface area contributed by atoms with Crippen molar-refractivity contribution in [3.8, 4) is 0 Å². The molecule has 0 N–H and O–H groups in total. The van der Waals surface area contributed by atoms with Gasteiger partial charge in [-0.3, -0.25) is 4.79 Å². The van der Waals surface area contributed by atoms with E-state index in [1.807, 2.05) is 24.8 Å². The largest absolute Gasteiger partial charge is 0.378 e. The molecule has 0 unspecified atom stereocenters. The summed E-state index contributed by atoms with van der Waals surface area (Å²) in [6.07, 6.45) is 0. The molecule has 0 atom stereocenters. The van der Waals surface area contributed by atoms with Gasteiger partial charge in [-0.15, -0.1) is 5.10 Å². The molecule has 2 aromatic heterocycles. The number of aromatic nitrogens is 4. The lowest BCUT2D eigenvalue weighted by Gasteiger charge is -2.35. The Morgan fingerprint density at radius 3 is 2.44 bits per heavy atom. The molecule has 2 aliphatic rings. The second-order valence-electron chi connectivity index (χ2n) is 6.73. The summed E-state index contributed by atoms with van der Waals surface area (Å²) in [6.45, 7) is 9.67. The molecule has 0 aliphatic carbocycles. The molecule has 144 valence electrons. The molecule has 0 radical (unpaired) electrons. The van der Waals surface area contributed by atoms with Gasteiger partial charge in [0.15, 0.2) is 0 Å². The number of hydrogen-bond donors (Lipinski definition) is 0. The van der Waals surface area contributed by atoms with Crippen LogP contribution >= 0.6 is 11.5 Å². The van der Waals surface area contributed by atoms with Crippen LogP contribution in [-0.4, -0.2) is 82.8 Å².